The lowest BCUT2D eigenvalue weighted by Gasteiger charge is -2.29. The van der Waals surface area contributed by atoms with E-state index in [0.29, 0.717) is 22.9 Å². The number of ether oxygens (including phenoxy) is 2. The maximum Gasteiger partial charge on any atom is 0.269 e. The summed E-state index contributed by atoms with van der Waals surface area (Å²) in [6.45, 7) is 0.113. The highest BCUT2D eigenvalue weighted by atomic mass is 16.7. The summed E-state index contributed by atoms with van der Waals surface area (Å²) in [6.07, 6.45) is 0.457. The standard InChI is InChI=1S/C23H17N3O7/c27-22-17-13-8-14(18(17)23(28)25(22)12-5-6-15-16(7-12)32-9-31-15)21-19(13)20(24-33-21)10-1-3-11(4-2-10)26(29)30/h1-7,13-14,17-19,21H,8-9H2/t13-,14-,17-,18-,19-,21+/m1/s1. The Hall–Kier alpha value is -3.95. The van der Waals surface area contributed by atoms with Crippen molar-refractivity contribution in [2.24, 2.45) is 34.7 Å². The molecule has 10 heteroatoms. The van der Waals surface area contributed by atoms with Gasteiger partial charge in [0.15, 0.2) is 11.5 Å². The van der Waals surface area contributed by atoms with E-state index >= 15 is 0 Å². The van der Waals surface area contributed by atoms with Gasteiger partial charge < -0.3 is 14.3 Å². The fourth-order valence-electron chi connectivity index (χ4n) is 6.40. The zero-order chi connectivity index (χ0) is 22.4. The molecule has 3 heterocycles. The van der Waals surface area contributed by atoms with Crippen molar-refractivity contribution in [3.63, 3.8) is 0 Å². The first-order chi connectivity index (χ1) is 16.0. The molecule has 3 aliphatic heterocycles. The third-order valence-electron chi connectivity index (χ3n) is 7.68. The van der Waals surface area contributed by atoms with Crippen LogP contribution in [0.15, 0.2) is 47.6 Å². The van der Waals surface area contributed by atoms with E-state index in [0.717, 1.165) is 12.0 Å². The van der Waals surface area contributed by atoms with Crippen LogP contribution in [0.25, 0.3) is 0 Å². The number of oxime groups is 1. The second kappa shape index (κ2) is 6.31. The number of carbonyl (C=O) groups is 2. The summed E-state index contributed by atoms with van der Waals surface area (Å²) in [6, 6.07) is 11.3. The molecule has 5 aliphatic rings. The van der Waals surface area contributed by atoms with E-state index < -0.39 is 16.8 Å². The molecule has 3 fully saturated rings. The van der Waals surface area contributed by atoms with E-state index in [1.807, 2.05) is 0 Å². The minimum Gasteiger partial charge on any atom is -0.454 e. The summed E-state index contributed by atoms with van der Waals surface area (Å²) in [5.74, 6) is -0.458. The third kappa shape index (κ3) is 2.35. The molecule has 0 N–H and O–H groups in total. The zero-order valence-electron chi connectivity index (χ0n) is 17.1. The zero-order valence-corrected chi connectivity index (χ0v) is 17.1. The predicted molar refractivity (Wildman–Crippen MR) is 112 cm³/mol. The molecule has 2 aromatic rings. The molecule has 0 radical (unpaired) electrons. The molecule has 2 bridgehead atoms. The van der Waals surface area contributed by atoms with E-state index in [1.54, 1.807) is 30.3 Å². The van der Waals surface area contributed by atoms with Gasteiger partial charge in [-0.2, -0.15) is 0 Å². The number of benzene rings is 2. The summed E-state index contributed by atoms with van der Waals surface area (Å²) in [5, 5.41) is 15.3. The fourth-order valence-corrected chi connectivity index (χ4v) is 6.40. The van der Waals surface area contributed by atoms with Gasteiger partial charge in [0.1, 0.15) is 6.10 Å². The molecule has 0 aromatic heterocycles. The number of imide groups is 1. The lowest BCUT2D eigenvalue weighted by molar-refractivity contribution is -0.384. The van der Waals surface area contributed by atoms with Crippen molar-refractivity contribution in [1.82, 2.24) is 0 Å². The maximum absolute atomic E-state index is 13.5. The van der Waals surface area contributed by atoms with Gasteiger partial charge in [-0.25, -0.2) is 4.90 Å². The van der Waals surface area contributed by atoms with Crippen LogP contribution in [0, 0.1) is 39.7 Å². The lowest BCUT2D eigenvalue weighted by atomic mass is 9.71. The van der Waals surface area contributed by atoms with Gasteiger partial charge in [-0.15, -0.1) is 0 Å². The maximum atomic E-state index is 13.5. The Morgan fingerprint density at radius 2 is 1.67 bits per heavy atom. The number of nitro benzene ring substituents is 1. The van der Waals surface area contributed by atoms with Crippen LogP contribution in [-0.4, -0.2) is 35.3 Å². The molecule has 7 rings (SSSR count). The van der Waals surface area contributed by atoms with Gasteiger partial charge in [0, 0.05) is 35.6 Å². The van der Waals surface area contributed by atoms with Gasteiger partial charge in [0.05, 0.1) is 28.2 Å². The minimum atomic E-state index is -0.449. The quantitative estimate of drug-likeness (QED) is 0.403. The van der Waals surface area contributed by atoms with Crippen molar-refractivity contribution in [2.75, 3.05) is 11.7 Å². The number of anilines is 1. The van der Waals surface area contributed by atoms with Gasteiger partial charge in [0.2, 0.25) is 18.6 Å². The van der Waals surface area contributed by atoms with E-state index in [4.69, 9.17) is 14.3 Å². The molecule has 166 valence electrons. The second-order valence-electron chi connectivity index (χ2n) is 9.04. The number of nitrogens with zero attached hydrogens (tertiary/aromatic N) is 3. The molecule has 0 unspecified atom stereocenters. The van der Waals surface area contributed by atoms with Crippen molar-refractivity contribution in [1.29, 1.82) is 0 Å². The first-order valence-corrected chi connectivity index (χ1v) is 10.8. The Kier molecular flexibility index (Phi) is 3.56. The average molecular weight is 447 g/mol. The number of carbonyl (C=O) groups excluding carboxylic acids is 2. The van der Waals surface area contributed by atoms with Crippen LogP contribution in [-0.2, 0) is 14.4 Å². The van der Waals surface area contributed by atoms with Crippen LogP contribution in [0.2, 0.25) is 0 Å². The Morgan fingerprint density at radius 1 is 0.939 bits per heavy atom. The van der Waals surface area contributed by atoms with E-state index in [9.17, 15) is 19.7 Å². The van der Waals surface area contributed by atoms with E-state index in [-0.39, 0.29) is 48.2 Å². The van der Waals surface area contributed by atoms with Crippen LogP contribution in [0.3, 0.4) is 0 Å². The number of amides is 2. The second-order valence-corrected chi connectivity index (χ2v) is 9.04. The van der Waals surface area contributed by atoms with Crippen molar-refractivity contribution >= 4 is 28.9 Å². The van der Waals surface area contributed by atoms with E-state index in [2.05, 4.69) is 5.16 Å². The molecule has 2 amide bonds. The normalized spacial score (nSPS) is 32.6. The fraction of sp³-hybridized carbons (Fsp3) is 0.348. The summed E-state index contributed by atoms with van der Waals surface area (Å²) in [5.41, 5.74) is 1.92. The Morgan fingerprint density at radius 3 is 2.42 bits per heavy atom. The molecule has 0 spiro atoms. The first-order valence-electron chi connectivity index (χ1n) is 10.8. The average Bonchev–Trinajstić information content (AvgIpc) is 3.61. The van der Waals surface area contributed by atoms with Crippen molar-refractivity contribution in [2.45, 2.75) is 12.5 Å². The third-order valence-corrected chi connectivity index (χ3v) is 7.68. The van der Waals surface area contributed by atoms with Gasteiger partial charge in [0.25, 0.3) is 5.69 Å². The number of hydrogen-bond donors (Lipinski definition) is 0. The molecule has 2 aliphatic carbocycles. The summed E-state index contributed by atoms with van der Waals surface area (Å²) < 4.78 is 10.8. The minimum absolute atomic E-state index is 0.00115. The largest absolute Gasteiger partial charge is 0.454 e. The van der Waals surface area contributed by atoms with E-state index in [1.165, 1.54) is 17.0 Å². The lowest BCUT2D eigenvalue weighted by Crippen LogP contribution is -2.41. The number of hydrogen-bond acceptors (Lipinski definition) is 8. The van der Waals surface area contributed by atoms with Gasteiger partial charge >= 0.3 is 0 Å². The SMILES string of the molecule is O=C1[C@@H]2[C@H]3C[C@@H]([C@@H]4ON=C(c5ccc([N+](=O)[O-])cc5)[C@@H]34)[C@H]2C(=O)N1c1ccc2c(c1)OCO2. The molecule has 2 saturated carbocycles. The number of non-ortho nitro benzene ring substituents is 1. The molecule has 6 atom stereocenters. The highest BCUT2D eigenvalue weighted by molar-refractivity contribution is 6.23. The van der Waals surface area contributed by atoms with Crippen molar-refractivity contribution < 1.29 is 28.8 Å². The summed E-state index contributed by atoms with van der Waals surface area (Å²) >= 11 is 0. The number of rotatable bonds is 3. The van der Waals surface area contributed by atoms with Crippen LogP contribution in [0.5, 0.6) is 11.5 Å². The van der Waals surface area contributed by atoms with Crippen LogP contribution in [0.4, 0.5) is 11.4 Å². The van der Waals surface area contributed by atoms with Crippen molar-refractivity contribution in [3.05, 3.63) is 58.1 Å². The molecule has 1 saturated heterocycles. The van der Waals surface area contributed by atoms with Gasteiger partial charge in [-0.3, -0.25) is 19.7 Å². The molecule has 10 nitrogen and oxygen atoms in total. The Bertz CT molecular complexity index is 1270. The topological polar surface area (TPSA) is 121 Å². The number of nitro groups is 1. The molecular weight excluding hydrogens is 430 g/mol. The molecule has 2 aromatic carbocycles. The highest BCUT2D eigenvalue weighted by Gasteiger charge is 2.70. The van der Waals surface area contributed by atoms with Crippen LogP contribution < -0.4 is 14.4 Å². The Labute approximate surface area is 186 Å². The Balaban J connectivity index is 1.21. The van der Waals surface area contributed by atoms with Crippen molar-refractivity contribution in [3.8, 4) is 11.5 Å². The van der Waals surface area contributed by atoms with Crippen LogP contribution >= 0.6 is 0 Å². The highest BCUT2D eigenvalue weighted by Crippen LogP contribution is 2.62. The number of fused-ring (bicyclic) bond motifs is 9. The monoisotopic (exact) mass is 447 g/mol. The molecule has 33 heavy (non-hydrogen) atoms. The first kappa shape index (κ1) is 18.6. The smallest absolute Gasteiger partial charge is 0.269 e. The summed E-state index contributed by atoms with van der Waals surface area (Å²) in [4.78, 5) is 44.5. The van der Waals surface area contributed by atoms with Gasteiger partial charge in [-0.1, -0.05) is 5.16 Å². The van der Waals surface area contributed by atoms with Crippen LogP contribution in [0.1, 0.15) is 12.0 Å². The molecular formula is C23H17N3O7. The predicted octanol–water partition coefficient (Wildman–Crippen LogP) is 2.50. The summed E-state index contributed by atoms with van der Waals surface area (Å²) in [7, 11) is 0. The van der Waals surface area contributed by atoms with Gasteiger partial charge in [-0.05, 0) is 36.6 Å².